The fourth-order valence-electron chi connectivity index (χ4n) is 6.61. The number of nitrogens with one attached hydrogen (secondary N) is 5. The first-order chi connectivity index (χ1) is 25.0. The van der Waals surface area contributed by atoms with Crippen LogP contribution in [-0.4, -0.2) is 115 Å². The van der Waals surface area contributed by atoms with Crippen molar-refractivity contribution in [3.63, 3.8) is 0 Å². The van der Waals surface area contributed by atoms with Crippen LogP contribution in [-0.2, 0) is 46.3 Å². The van der Waals surface area contributed by atoms with Crippen LogP contribution in [0.5, 0.6) is 5.75 Å². The number of carbonyl (C=O) groups excluding carboxylic acids is 6. The molecule has 15 nitrogen and oxygen atoms in total. The SMILES string of the molecule is C[C@@H]1NC(=O)[C@H]([C@@H](C)O)NC(=O)[C@@H]2C[C@H](NC(=O)C3CCOCC3)CN2C(=O)[C@H](Cc2ccccc2)NC(=O)COc2ccc(cc2)CCNC1=O. The van der Waals surface area contributed by atoms with Crippen molar-refractivity contribution in [3.8, 4) is 5.75 Å². The van der Waals surface area contributed by atoms with Gasteiger partial charge in [0.05, 0.1) is 6.10 Å². The van der Waals surface area contributed by atoms with Crippen molar-refractivity contribution in [2.24, 2.45) is 5.92 Å². The van der Waals surface area contributed by atoms with E-state index in [1.807, 2.05) is 30.3 Å². The predicted octanol–water partition coefficient (Wildman–Crippen LogP) is -0.652. The molecule has 15 heteroatoms. The molecule has 0 saturated carbocycles. The zero-order valence-corrected chi connectivity index (χ0v) is 29.5. The maximum Gasteiger partial charge on any atom is 0.258 e. The third kappa shape index (κ3) is 10.3. The van der Waals surface area contributed by atoms with Gasteiger partial charge in [-0.2, -0.15) is 0 Å². The summed E-state index contributed by atoms with van der Waals surface area (Å²) in [6.45, 7) is 3.58. The summed E-state index contributed by atoms with van der Waals surface area (Å²) in [5.41, 5.74) is 1.65. The molecular weight excluding hydrogens is 672 g/mol. The second-order valence-electron chi connectivity index (χ2n) is 13.6. The van der Waals surface area contributed by atoms with E-state index in [1.165, 1.54) is 18.7 Å². The van der Waals surface area contributed by atoms with Gasteiger partial charge in [0.2, 0.25) is 29.5 Å². The Labute approximate surface area is 302 Å². The van der Waals surface area contributed by atoms with E-state index in [2.05, 4.69) is 26.6 Å². The van der Waals surface area contributed by atoms with Crippen molar-refractivity contribution in [1.82, 2.24) is 31.5 Å². The normalized spacial score (nSPS) is 26.3. The van der Waals surface area contributed by atoms with Crippen molar-refractivity contribution in [2.45, 2.75) is 82.3 Å². The summed E-state index contributed by atoms with van der Waals surface area (Å²) < 4.78 is 11.1. The second kappa shape index (κ2) is 18.0. The van der Waals surface area contributed by atoms with E-state index in [4.69, 9.17) is 9.47 Å². The quantitative estimate of drug-likeness (QED) is 0.217. The third-order valence-electron chi connectivity index (χ3n) is 9.56. The maximum absolute atomic E-state index is 14.4. The van der Waals surface area contributed by atoms with Crippen LogP contribution >= 0.6 is 0 Å². The summed E-state index contributed by atoms with van der Waals surface area (Å²) in [6.07, 6.45) is 0.325. The molecule has 2 bridgehead atoms. The van der Waals surface area contributed by atoms with Crippen LogP contribution in [0.15, 0.2) is 54.6 Å². The lowest BCUT2D eigenvalue weighted by Gasteiger charge is -2.30. The Kier molecular flexibility index (Phi) is 13.2. The molecule has 0 aromatic heterocycles. The van der Waals surface area contributed by atoms with Crippen LogP contribution in [0.1, 0.15) is 44.2 Å². The number of fused-ring (bicyclic) bond motifs is 16. The molecule has 280 valence electrons. The minimum Gasteiger partial charge on any atom is -0.484 e. The number of nitrogens with zero attached hydrogens (tertiary/aromatic N) is 1. The van der Waals surface area contributed by atoms with Gasteiger partial charge in [-0.05, 0) is 62.8 Å². The molecule has 6 atom stereocenters. The van der Waals surface area contributed by atoms with Crippen LogP contribution in [0.4, 0.5) is 0 Å². The number of hydrogen-bond acceptors (Lipinski definition) is 9. The lowest BCUT2D eigenvalue weighted by molar-refractivity contribution is -0.143. The van der Waals surface area contributed by atoms with Crippen molar-refractivity contribution >= 4 is 35.4 Å². The molecule has 6 rings (SSSR count). The lowest BCUT2D eigenvalue weighted by Crippen LogP contribution is -2.60. The second-order valence-corrected chi connectivity index (χ2v) is 13.6. The molecule has 4 aliphatic rings. The van der Waals surface area contributed by atoms with E-state index >= 15 is 0 Å². The van der Waals surface area contributed by atoms with Gasteiger partial charge in [0, 0.05) is 44.7 Å². The Hall–Kier alpha value is -5.02. The van der Waals surface area contributed by atoms with E-state index in [-0.39, 0.29) is 44.4 Å². The molecule has 2 aromatic carbocycles. The highest BCUT2D eigenvalue weighted by atomic mass is 16.5. The van der Waals surface area contributed by atoms with Crippen molar-refractivity contribution in [2.75, 3.05) is 32.9 Å². The molecular formula is C37H48N6O9. The van der Waals surface area contributed by atoms with Gasteiger partial charge in [-0.15, -0.1) is 0 Å². The summed E-state index contributed by atoms with van der Waals surface area (Å²) in [6, 6.07) is 10.7. The Morgan fingerprint density at radius 1 is 0.942 bits per heavy atom. The van der Waals surface area contributed by atoms with E-state index in [1.54, 1.807) is 24.3 Å². The van der Waals surface area contributed by atoms with Crippen molar-refractivity contribution in [3.05, 3.63) is 65.7 Å². The minimum absolute atomic E-state index is 0.0185. The topological polar surface area (TPSA) is 204 Å². The van der Waals surface area contributed by atoms with Gasteiger partial charge in [-0.25, -0.2) is 0 Å². The maximum atomic E-state index is 14.4. The molecule has 0 unspecified atom stereocenters. The van der Waals surface area contributed by atoms with Crippen LogP contribution in [0.2, 0.25) is 0 Å². The molecule has 2 aromatic rings. The first kappa shape index (κ1) is 38.2. The van der Waals surface area contributed by atoms with Crippen LogP contribution < -0.4 is 31.3 Å². The smallest absolute Gasteiger partial charge is 0.258 e. The summed E-state index contributed by atoms with van der Waals surface area (Å²) in [5.74, 6) is -3.19. The van der Waals surface area contributed by atoms with Gasteiger partial charge in [0.25, 0.3) is 5.91 Å². The van der Waals surface area contributed by atoms with Crippen molar-refractivity contribution < 1.29 is 43.3 Å². The first-order valence-corrected chi connectivity index (χ1v) is 17.8. The van der Waals surface area contributed by atoms with E-state index in [9.17, 15) is 33.9 Å². The molecule has 6 N–H and O–H groups in total. The number of ether oxygens (including phenoxy) is 2. The van der Waals surface area contributed by atoms with Crippen LogP contribution in [0.25, 0.3) is 0 Å². The van der Waals surface area contributed by atoms with Gasteiger partial charge in [0.1, 0.15) is 29.9 Å². The molecule has 4 aliphatic heterocycles. The number of aliphatic hydroxyl groups is 1. The number of amides is 6. The largest absolute Gasteiger partial charge is 0.484 e. The fourth-order valence-corrected chi connectivity index (χ4v) is 6.61. The number of carbonyl (C=O) groups is 6. The summed E-state index contributed by atoms with van der Waals surface area (Å²) in [5, 5.41) is 24.3. The molecule has 2 fully saturated rings. The van der Waals surface area contributed by atoms with E-state index in [0.717, 1.165) is 11.1 Å². The molecule has 6 amide bonds. The molecule has 52 heavy (non-hydrogen) atoms. The van der Waals surface area contributed by atoms with Gasteiger partial charge in [0.15, 0.2) is 6.61 Å². The highest BCUT2D eigenvalue weighted by Gasteiger charge is 2.44. The lowest BCUT2D eigenvalue weighted by atomic mass is 9.99. The Morgan fingerprint density at radius 3 is 2.35 bits per heavy atom. The van der Waals surface area contributed by atoms with E-state index in [0.29, 0.717) is 38.2 Å². The predicted molar refractivity (Wildman–Crippen MR) is 188 cm³/mol. The first-order valence-electron chi connectivity index (χ1n) is 17.8. The molecule has 0 spiro atoms. The van der Waals surface area contributed by atoms with Gasteiger partial charge >= 0.3 is 0 Å². The average Bonchev–Trinajstić information content (AvgIpc) is 3.56. The number of hydrogen-bond donors (Lipinski definition) is 6. The minimum atomic E-state index is -1.47. The highest BCUT2D eigenvalue weighted by Crippen LogP contribution is 2.23. The summed E-state index contributed by atoms with van der Waals surface area (Å²) >= 11 is 0. The Bertz CT molecular complexity index is 1580. The number of aliphatic hydroxyl groups excluding tert-OH is 1. The molecule has 0 aliphatic carbocycles. The summed E-state index contributed by atoms with van der Waals surface area (Å²) in [4.78, 5) is 82.4. The standard InChI is InChI=1S/C37H48N6O9/c1-22-33(46)38-15-12-24-8-10-28(11-9-24)52-21-31(45)41-29(18-25-6-4-3-5-7-25)37(50)43-20-27(40-34(47)26-13-16-51-17-14-26)19-30(43)35(48)42-32(23(2)44)36(49)39-22/h3-11,22-23,26-27,29-30,32,44H,12-21H2,1-2H3,(H,38,46)(H,39,49)(H,40,47)(H,41,45)(H,42,48)/t22-,23+,27-,29-,30-,32-/m0/s1. The molecule has 4 heterocycles. The van der Waals surface area contributed by atoms with Crippen LogP contribution in [0.3, 0.4) is 0 Å². The number of rotatable bonds is 5. The zero-order chi connectivity index (χ0) is 37.2. The number of benzene rings is 2. The monoisotopic (exact) mass is 720 g/mol. The van der Waals surface area contributed by atoms with Crippen LogP contribution in [0, 0.1) is 5.92 Å². The Balaban J connectivity index is 1.44. The van der Waals surface area contributed by atoms with Gasteiger partial charge in [-0.3, -0.25) is 28.8 Å². The molecule has 0 radical (unpaired) electrons. The van der Waals surface area contributed by atoms with Gasteiger partial charge < -0.3 is 46.1 Å². The zero-order valence-electron chi connectivity index (χ0n) is 29.5. The van der Waals surface area contributed by atoms with Crippen molar-refractivity contribution in [1.29, 1.82) is 0 Å². The van der Waals surface area contributed by atoms with E-state index < -0.39 is 65.8 Å². The molecule has 2 saturated heterocycles. The summed E-state index contributed by atoms with van der Waals surface area (Å²) in [7, 11) is 0. The third-order valence-corrected chi connectivity index (χ3v) is 9.56. The average molecular weight is 721 g/mol. The highest BCUT2D eigenvalue weighted by molar-refractivity contribution is 5.96. The van der Waals surface area contributed by atoms with Gasteiger partial charge in [-0.1, -0.05) is 42.5 Å². The fraction of sp³-hybridized carbons (Fsp3) is 0.514. The Morgan fingerprint density at radius 2 is 1.65 bits per heavy atom.